The SMILES string of the molecule is c1ccc(-c2ccc(OC3CCN(c4ccccc4)CC3)cc2)cc1. The molecule has 0 saturated carbocycles. The average Bonchev–Trinajstić information content (AvgIpc) is 2.71. The number of nitrogens with zero attached hydrogens (tertiary/aromatic N) is 1. The Labute approximate surface area is 149 Å². The third kappa shape index (κ3) is 3.85. The predicted molar refractivity (Wildman–Crippen MR) is 104 cm³/mol. The smallest absolute Gasteiger partial charge is 0.119 e. The minimum absolute atomic E-state index is 0.308. The van der Waals surface area contributed by atoms with E-state index in [4.69, 9.17) is 4.74 Å². The Morgan fingerprint density at radius 2 is 1.20 bits per heavy atom. The fourth-order valence-corrected chi connectivity index (χ4v) is 3.42. The standard InChI is InChI=1S/C23H23NO/c1-3-7-19(8-4-1)20-11-13-22(14-12-20)25-23-15-17-24(18-16-23)21-9-5-2-6-10-21/h1-14,23H,15-18H2. The van der Waals surface area contributed by atoms with E-state index in [1.807, 2.05) is 6.07 Å². The van der Waals surface area contributed by atoms with Crippen LogP contribution in [0.25, 0.3) is 11.1 Å². The molecule has 0 radical (unpaired) electrons. The Balaban J connectivity index is 1.34. The molecule has 4 rings (SSSR count). The zero-order valence-electron chi connectivity index (χ0n) is 14.3. The van der Waals surface area contributed by atoms with E-state index in [1.165, 1.54) is 16.8 Å². The van der Waals surface area contributed by atoms with Crippen LogP contribution < -0.4 is 9.64 Å². The van der Waals surface area contributed by atoms with Gasteiger partial charge in [-0.2, -0.15) is 0 Å². The van der Waals surface area contributed by atoms with Crippen LogP contribution in [0.15, 0.2) is 84.9 Å². The normalized spacial score (nSPS) is 15.1. The van der Waals surface area contributed by atoms with Crippen LogP contribution in [0.4, 0.5) is 5.69 Å². The second kappa shape index (κ2) is 7.43. The highest BCUT2D eigenvalue weighted by atomic mass is 16.5. The van der Waals surface area contributed by atoms with E-state index in [2.05, 4.69) is 83.8 Å². The van der Waals surface area contributed by atoms with Gasteiger partial charge in [-0.05, 0) is 35.4 Å². The van der Waals surface area contributed by atoms with Crippen LogP contribution in [0.1, 0.15) is 12.8 Å². The fraction of sp³-hybridized carbons (Fsp3) is 0.217. The number of para-hydroxylation sites is 1. The van der Waals surface area contributed by atoms with Crippen molar-refractivity contribution in [3.05, 3.63) is 84.9 Å². The molecule has 0 unspecified atom stereocenters. The first-order valence-electron chi connectivity index (χ1n) is 9.01. The maximum absolute atomic E-state index is 6.20. The molecule has 1 aliphatic heterocycles. The van der Waals surface area contributed by atoms with E-state index in [-0.39, 0.29) is 0 Å². The van der Waals surface area contributed by atoms with Crippen molar-refractivity contribution >= 4 is 5.69 Å². The summed E-state index contributed by atoms with van der Waals surface area (Å²) in [5.41, 5.74) is 3.78. The first kappa shape index (κ1) is 15.8. The summed E-state index contributed by atoms with van der Waals surface area (Å²) in [6.45, 7) is 2.10. The van der Waals surface area contributed by atoms with E-state index < -0.39 is 0 Å². The van der Waals surface area contributed by atoms with Crippen LogP contribution in [-0.2, 0) is 0 Å². The summed E-state index contributed by atoms with van der Waals surface area (Å²) in [4.78, 5) is 2.44. The summed E-state index contributed by atoms with van der Waals surface area (Å²) in [7, 11) is 0. The van der Waals surface area contributed by atoms with E-state index >= 15 is 0 Å². The third-order valence-electron chi connectivity index (χ3n) is 4.83. The van der Waals surface area contributed by atoms with Crippen LogP contribution in [0, 0.1) is 0 Å². The molecule has 0 amide bonds. The van der Waals surface area contributed by atoms with E-state index in [0.717, 1.165) is 31.7 Å². The van der Waals surface area contributed by atoms with Gasteiger partial charge in [-0.25, -0.2) is 0 Å². The molecule has 0 N–H and O–H groups in total. The Kier molecular flexibility index (Phi) is 4.69. The minimum Gasteiger partial charge on any atom is -0.490 e. The molecule has 0 aliphatic carbocycles. The van der Waals surface area contributed by atoms with Crippen LogP contribution in [0.5, 0.6) is 5.75 Å². The van der Waals surface area contributed by atoms with Gasteiger partial charge < -0.3 is 9.64 Å². The highest BCUT2D eigenvalue weighted by Gasteiger charge is 2.20. The van der Waals surface area contributed by atoms with Crippen molar-refractivity contribution in [3.8, 4) is 16.9 Å². The maximum atomic E-state index is 6.20. The third-order valence-corrected chi connectivity index (χ3v) is 4.83. The molecule has 126 valence electrons. The highest BCUT2D eigenvalue weighted by Crippen LogP contribution is 2.25. The number of ether oxygens (including phenoxy) is 1. The Morgan fingerprint density at radius 1 is 0.640 bits per heavy atom. The van der Waals surface area contributed by atoms with E-state index in [9.17, 15) is 0 Å². The van der Waals surface area contributed by atoms with Gasteiger partial charge in [0.1, 0.15) is 11.9 Å². The monoisotopic (exact) mass is 329 g/mol. The van der Waals surface area contributed by atoms with Crippen LogP contribution in [0.3, 0.4) is 0 Å². The molecule has 3 aromatic carbocycles. The van der Waals surface area contributed by atoms with Gasteiger partial charge in [0, 0.05) is 31.6 Å². The van der Waals surface area contributed by atoms with Crippen molar-refractivity contribution in [2.75, 3.05) is 18.0 Å². The van der Waals surface area contributed by atoms with Gasteiger partial charge in [0.15, 0.2) is 0 Å². The number of hydrogen-bond donors (Lipinski definition) is 0. The summed E-state index contributed by atoms with van der Waals surface area (Å²) in [6, 6.07) is 29.6. The molecular formula is C23H23NO. The van der Waals surface area contributed by atoms with Gasteiger partial charge >= 0.3 is 0 Å². The van der Waals surface area contributed by atoms with Crippen LogP contribution >= 0.6 is 0 Å². The minimum atomic E-state index is 0.308. The number of piperidine rings is 1. The number of benzene rings is 3. The lowest BCUT2D eigenvalue weighted by atomic mass is 10.1. The van der Waals surface area contributed by atoms with Crippen LogP contribution in [0.2, 0.25) is 0 Å². The molecule has 1 aliphatic rings. The molecule has 0 bridgehead atoms. The van der Waals surface area contributed by atoms with Crippen LogP contribution in [-0.4, -0.2) is 19.2 Å². The van der Waals surface area contributed by atoms with E-state index in [0.29, 0.717) is 6.10 Å². The zero-order chi connectivity index (χ0) is 16.9. The molecule has 1 heterocycles. The number of anilines is 1. The van der Waals surface area contributed by atoms with Gasteiger partial charge in [0.05, 0.1) is 0 Å². The first-order chi connectivity index (χ1) is 12.4. The molecule has 1 saturated heterocycles. The molecule has 2 heteroatoms. The molecule has 0 spiro atoms. The molecule has 1 fully saturated rings. The van der Waals surface area contributed by atoms with Crippen molar-refractivity contribution in [1.29, 1.82) is 0 Å². The second-order valence-corrected chi connectivity index (χ2v) is 6.53. The fourth-order valence-electron chi connectivity index (χ4n) is 3.42. The second-order valence-electron chi connectivity index (χ2n) is 6.53. The van der Waals surface area contributed by atoms with Gasteiger partial charge in [0.2, 0.25) is 0 Å². The summed E-state index contributed by atoms with van der Waals surface area (Å²) >= 11 is 0. The van der Waals surface area contributed by atoms with Gasteiger partial charge in [-0.3, -0.25) is 0 Å². The van der Waals surface area contributed by atoms with Crippen molar-refractivity contribution < 1.29 is 4.74 Å². The molecule has 25 heavy (non-hydrogen) atoms. The van der Waals surface area contributed by atoms with Crippen molar-refractivity contribution in [2.24, 2.45) is 0 Å². The summed E-state index contributed by atoms with van der Waals surface area (Å²) in [6.07, 6.45) is 2.44. The van der Waals surface area contributed by atoms with Gasteiger partial charge in [0.25, 0.3) is 0 Å². The Morgan fingerprint density at radius 3 is 1.84 bits per heavy atom. The quantitative estimate of drug-likeness (QED) is 0.635. The lowest BCUT2D eigenvalue weighted by Crippen LogP contribution is -2.38. The van der Waals surface area contributed by atoms with Crippen molar-refractivity contribution in [1.82, 2.24) is 0 Å². The van der Waals surface area contributed by atoms with Crippen molar-refractivity contribution in [3.63, 3.8) is 0 Å². The molecule has 3 aromatic rings. The Hall–Kier alpha value is -2.74. The molecule has 0 aromatic heterocycles. The summed E-state index contributed by atoms with van der Waals surface area (Å²) in [5, 5.41) is 0. The topological polar surface area (TPSA) is 12.5 Å². The molecular weight excluding hydrogens is 306 g/mol. The van der Waals surface area contributed by atoms with E-state index in [1.54, 1.807) is 0 Å². The van der Waals surface area contributed by atoms with Gasteiger partial charge in [-0.1, -0.05) is 60.7 Å². The largest absolute Gasteiger partial charge is 0.490 e. The Bertz CT molecular complexity index is 775. The molecule has 0 atom stereocenters. The zero-order valence-corrected chi connectivity index (χ0v) is 14.3. The molecule has 2 nitrogen and oxygen atoms in total. The summed E-state index contributed by atoms with van der Waals surface area (Å²) in [5.74, 6) is 0.970. The van der Waals surface area contributed by atoms with Gasteiger partial charge in [-0.15, -0.1) is 0 Å². The lowest BCUT2D eigenvalue weighted by Gasteiger charge is -2.33. The predicted octanol–water partition coefficient (Wildman–Crippen LogP) is 5.40. The van der Waals surface area contributed by atoms with Crippen molar-refractivity contribution in [2.45, 2.75) is 18.9 Å². The highest BCUT2D eigenvalue weighted by molar-refractivity contribution is 5.63. The number of hydrogen-bond acceptors (Lipinski definition) is 2. The number of rotatable bonds is 4. The maximum Gasteiger partial charge on any atom is 0.119 e. The first-order valence-corrected chi connectivity index (χ1v) is 9.01. The average molecular weight is 329 g/mol. The lowest BCUT2D eigenvalue weighted by molar-refractivity contribution is 0.171. The summed E-state index contributed by atoms with van der Waals surface area (Å²) < 4.78 is 6.20.